The number of carbonyl (C=O) groups excluding carboxylic acids is 1. The first kappa shape index (κ1) is 40.1. The van der Waals surface area contributed by atoms with Crippen molar-refractivity contribution in [3.8, 4) is 0 Å². The lowest BCUT2D eigenvalue weighted by Crippen LogP contribution is -2.75. The Bertz CT molecular complexity index is 1050. The maximum Gasteiger partial charge on any atom is 0.477 e. The Morgan fingerprint density at radius 2 is 1.12 bits per heavy atom. The van der Waals surface area contributed by atoms with Gasteiger partial charge in [0.2, 0.25) is 0 Å². The number of esters is 1. The molecule has 7 nitrogen and oxygen atoms in total. The minimum absolute atomic E-state index is 0.323. The van der Waals surface area contributed by atoms with Crippen LogP contribution in [0.5, 0.6) is 0 Å². The predicted molar refractivity (Wildman–Crippen MR) is 98.8 cm³/mol. The summed E-state index contributed by atoms with van der Waals surface area (Å²) in [7, 11) is -7.01. The summed E-state index contributed by atoms with van der Waals surface area (Å²) in [5.41, 5.74) is -0.323. The molecule has 250 valence electrons. The number of hydrogen-bond acceptors (Lipinski definition) is 6. The van der Waals surface area contributed by atoms with Gasteiger partial charge in [-0.3, -0.25) is 4.52 Å². The number of aliphatic hydroxyl groups excluding tert-OH is 1. The molecule has 0 aromatic carbocycles. The Morgan fingerprint density at radius 1 is 0.762 bits per heavy atom. The maximum atomic E-state index is 13.8. The summed E-state index contributed by atoms with van der Waals surface area (Å²) in [6, 6.07) is 0. The third-order valence-corrected chi connectivity index (χ3v) is 5.61. The van der Waals surface area contributed by atoms with E-state index in [1.54, 1.807) is 0 Å². The van der Waals surface area contributed by atoms with Gasteiger partial charge in [-0.2, -0.15) is 70.2 Å². The van der Waals surface area contributed by atoms with E-state index < -0.39 is 93.8 Å². The van der Waals surface area contributed by atoms with Gasteiger partial charge in [-0.05, 0) is 13.8 Å². The standard InChI is InChI=1S/C17H16F17O7P/c1-6(2)9(36)39-4-8(35)5-40-42(37,38)41-17(33,34)16(31,32)15(29,30)14(27,28)13(25,26)12(23,24)11(21,22)10(19,20)7(3)18/h7-8,35H,1,4-5H2,2-3H3,(H,37,38). The molecule has 0 aliphatic rings. The van der Waals surface area contributed by atoms with Crippen molar-refractivity contribution in [1.82, 2.24) is 0 Å². The van der Waals surface area contributed by atoms with Crippen LogP contribution in [-0.4, -0.2) is 89.0 Å². The summed E-state index contributed by atoms with van der Waals surface area (Å²) in [6.07, 6.45) is -14.6. The summed E-state index contributed by atoms with van der Waals surface area (Å²) < 4.78 is 252. The summed E-state index contributed by atoms with van der Waals surface area (Å²) >= 11 is 0. The Hall–Kier alpha value is -1.91. The molecule has 0 aromatic heterocycles. The monoisotopic (exact) mass is 686 g/mol. The zero-order valence-corrected chi connectivity index (χ0v) is 21.0. The van der Waals surface area contributed by atoms with E-state index in [0.29, 0.717) is 0 Å². The van der Waals surface area contributed by atoms with Crippen molar-refractivity contribution in [3.05, 3.63) is 12.2 Å². The van der Waals surface area contributed by atoms with Gasteiger partial charge in [-0.25, -0.2) is 18.3 Å². The van der Waals surface area contributed by atoms with E-state index in [4.69, 9.17) is 4.89 Å². The zero-order valence-electron chi connectivity index (χ0n) is 20.1. The van der Waals surface area contributed by atoms with Gasteiger partial charge in [0, 0.05) is 5.57 Å². The highest BCUT2D eigenvalue weighted by molar-refractivity contribution is 7.47. The highest BCUT2D eigenvalue weighted by Crippen LogP contribution is 2.65. The Balaban J connectivity index is 6.32. The smallest absolute Gasteiger partial charge is 0.460 e. The molecular formula is C17H16F17O7P. The van der Waals surface area contributed by atoms with Gasteiger partial charge in [0.15, 0.2) is 6.17 Å². The summed E-state index contributed by atoms with van der Waals surface area (Å²) in [5, 5.41) is 9.29. The summed E-state index contributed by atoms with van der Waals surface area (Å²) in [5.74, 6) is -59.9. The highest BCUT2D eigenvalue weighted by Gasteiger charge is 2.95. The number of aliphatic hydroxyl groups is 1. The van der Waals surface area contributed by atoms with Crippen LogP contribution in [0.15, 0.2) is 12.2 Å². The van der Waals surface area contributed by atoms with E-state index in [0.717, 1.165) is 6.92 Å². The topological polar surface area (TPSA) is 102 Å². The third kappa shape index (κ3) is 6.75. The van der Waals surface area contributed by atoms with E-state index in [1.807, 2.05) is 0 Å². The average Bonchev–Trinajstić information content (AvgIpc) is 2.79. The molecule has 0 bridgehead atoms. The Morgan fingerprint density at radius 3 is 1.48 bits per heavy atom. The molecule has 0 amide bonds. The van der Waals surface area contributed by atoms with Crippen LogP contribution in [0.2, 0.25) is 0 Å². The molecule has 0 aliphatic carbocycles. The molecular weight excluding hydrogens is 670 g/mol. The SMILES string of the molecule is C=C(C)C(=O)OCC(O)COP(=O)(O)OC(F)(F)C(F)(F)C(F)(F)C(F)(F)C(F)(F)C(F)(F)C(F)(F)C(F)(F)C(C)F. The summed E-state index contributed by atoms with van der Waals surface area (Å²) in [4.78, 5) is 20.1. The number of rotatable bonds is 16. The van der Waals surface area contributed by atoms with Gasteiger partial charge in [-0.1, -0.05) is 6.58 Å². The lowest BCUT2D eigenvalue weighted by atomic mass is 9.88. The van der Waals surface area contributed by atoms with E-state index in [9.17, 15) is 89.1 Å². The minimum Gasteiger partial charge on any atom is -0.460 e. The van der Waals surface area contributed by atoms with Gasteiger partial charge >= 0.3 is 61.4 Å². The zero-order chi connectivity index (χ0) is 34.3. The maximum absolute atomic E-state index is 13.8. The molecule has 0 spiro atoms. The van der Waals surface area contributed by atoms with Gasteiger partial charge in [0.25, 0.3) is 0 Å². The van der Waals surface area contributed by atoms with Crippen molar-refractivity contribution in [3.63, 3.8) is 0 Å². The molecule has 0 radical (unpaired) electrons. The van der Waals surface area contributed by atoms with Crippen LogP contribution in [-0.2, 0) is 23.1 Å². The van der Waals surface area contributed by atoms with Crippen LogP contribution in [0, 0.1) is 0 Å². The van der Waals surface area contributed by atoms with E-state index in [1.165, 1.54) is 0 Å². The van der Waals surface area contributed by atoms with Crippen LogP contribution in [0.1, 0.15) is 13.8 Å². The second kappa shape index (κ2) is 11.9. The molecule has 25 heteroatoms. The predicted octanol–water partition coefficient (Wildman–Crippen LogP) is 6.00. The number of halogens is 17. The molecule has 0 fully saturated rings. The molecule has 2 N–H and O–H groups in total. The number of phosphoric acid groups is 1. The second-order valence-corrected chi connectivity index (χ2v) is 9.47. The number of hydrogen-bond donors (Lipinski definition) is 2. The largest absolute Gasteiger partial charge is 0.477 e. The number of carbonyl (C=O) groups is 1. The van der Waals surface area contributed by atoms with Crippen LogP contribution in [0.4, 0.5) is 74.6 Å². The fraction of sp³-hybridized carbons (Fsp3) is 0.824. The first-order valence-electron chi connectivity index (χ1n) is 9.97. The van der Waals surface area contributed by atoms with Gasteiger partial charge in [0.1, 0.15) is 12.7 Å². The number of ether oxygens (including phenoxy) is 1. The molecule has 0 rings (SSSR count). The molecule has 3 unspecified atom stereocenters. The number of phosphoric ester groups is 1. The lowest BCUT2D eigenvalue weighted by Gasteiger charge is -2.43. The highest BCUT2D eigenvalue weighted by atomic mass is 31.2. The van der Waals surface area contributed by atoms with Gasteiger partial charge < -0.3 is 14.7 Å². The van der Waals surface area contributed by atoms with Crippen molar-refractivity contribution in [1.29, 1.82) is 0 Å². The van der Waals surface area contributed by atoms with E-state index in [2.05, 4.69) is 20.4 Å². The van der Waals surface area contributed by atoms with Crippen molar-refractivity contribution in [2.24, 2.45) is 0 Å². The fourth-order valence-electron chi connectivity index (χ4n) is 2.18. The van der Waals surface area contributed by atoms with Crippen molar-refractivity contribution < 1.29 is 108 Å². The molecule has 3 atom stereocenters. The van der Waals surface area contributed by atoms with Crippen LogP contribution in [0.25, 0.3) is 0 Å². The quantitative estimate of drug-likeness (QED) is 0.0890. The van der Waals surface area contributed by atoms with E-state index in [-0.39, 0.29) is 5.57 Å². The molecule has 0 saturated carbocycles. The molecule has 0 heterocycles. The normalized spacial score (nSPS) is 17.8. The van der Waals surface area contributed by atoms with Crippen molar-refractivity contribution in [2.45, 2.75) is 73.7 Å². The molecule has 0 aliphatic heterocycles. The van der Waals surface area contributed by atoms with Crippen LogP contribution < -0.4 is 0 Å². The number of alkyl halides is 17. The average molecular weight is 686 g/mol. The molecule has 0 aromatic rings. The van der Waals surface area contributed by atoms with E-state index >= 15 is 0 Å². The van der Waals surface area contributed by atoms with Crippen LogP contribution in [0.3, 0.4) is 0 Å². The van der Waals surface area contributed by atoms with Crippen molar-refractivity contribution >= 4 is 13.8 Å². The minimum atomic E-state index is -8.89. The van der Waals surface area contributed by atoms with Gasteiger partial charge in [-0.15, -0.1) is 0 Å². The fourth-order valence-corrected chi connectivity index (χ4v) is 3.00. The second-order valence-electron chi connectivity index (χ2n) is 8.09. The van der Waals surface area contributed by atoms with Gasteiger partial charge in [0.05, 0.1) is 6.61 Å². The first-order valence-corrected chi connectivity index (χ1v) is 11.5. The molecule has 42 heavy (non-hydrogen) atoms. The third-order valence-electron chi connectivity index (χ3n) is 4.67. The Labute approximate surface area is 221 Å². The lowest BCUT2D eigenvalue weighted by molar-refractivity contribution is -0.467. The van der Waals surface area contributed by atoms with Crippen molar-refractivity contribution in [2.75, 3.05) is 13.2 Å². The Kier molecular flexibility index (Phi) is 11.3. The molecule has 0 saturated heterocycles. The first-order chi connectivity index (χ1) is 18.1. The summed E-state index contributed by atoms with van der Waals surface area (Å²) in [6.45, 7) is 0.261. The van der Waals surface area contributed by atoms with Crippen LogP contribution >= 0.6 is 7.82 Å².